The molecule has 3 rings (SSSR count). The summed E-state index contributed by atoms with van der Waals surface area (Å²) < 4.78 is 5.15. The van der Waals surface area contributed by atoms with Crippen LogP contribution >= 0.6 is 0 Å². The maximum absolute atomic E-state index is 12.4. The topological polar surface area (TPSA) is 50.4 Å². The number of methoxy groups -OCH3 is 1. The molecule has 1 aromatic carbocycles. The van der Waals surface area contributed by atoms with E-state index in [1.807, 2.05) is 12.1 Å². The largest absolute Gasteiger partial charge is 0.385 e. The Morgan fingerprint density at radius 1 is 1.38 bits per heavy atom. The van der Waals surface area contributed by atoms with Crippen LogP contribution in [0.4, 0.5) is 0 Å². The minimum absolute atomic E-state index is 0.0990. The molecule has 1 heterocycles. The second-order valence-electron chi connectivity index (χ2n) is 6.37. The molecule has 4 nitrogen and oxygen atoms in total. The molecule has 0 spiro atoms. The first-order chi connectivity index (χ1) is 10.2. The molecule has 1 unspecified atom stereocenters. The fraction of sp³-hybridized carbons (Fsp3) is 0.588. The number of nitrogens with one attached hydrogen (secondary N) is 2. The maximum Gasteiger partial charge on any atom is 0.237 e. The van der Waals surface area contributed by atoms with Crippen LogP contribution in [0.15, 0.2) is 24.3 Å². The molecular formula is C17H24N2O2. The van der Waals surface area contributed by atoms with Crippen molar-refractivity contribution in [3.63, 3.8) is 0 Å². The Bertz CT molecular complexity index is 511. The highest BCUT2D eigenvalue weighted by molar-refractivity contribution is 5.82. The first-order valence-corrected chi connectivity index (χ1v) is 7.79. The van der Waals surface area contributed by atoms with Gasteiger partial charge in [0.15, 0.2) is 0 Å². The van der Waals surface area contributed by atoms with E-state index in [0.717, 1.165) is 32.5 Å². The molecule has 1 atom stereocenters. The summed E-state index contributed by atoms with van der Waals surface area (Å²) in [5.41, 5.74) is 2.90. The fourth-order valence-corrected chi connectivity index (χ4v) is 3.05. The van der Waals surface area contributed by atoms with Gasteiger partial charge in [-0.2, -0.15) is 0 Å². The van der Waals surface area contributed by atoms with Crippen LogP contribution in [0, 0.1) is 5.41 Å². The summed E-state index contributed by atoms with van der Waals surface area (Å²) in [6, 6.07) is 8.24. The van der Waals surface area contributed by atoms with Crippen LogP contribution in [0.1, 0.15) is 30.4 Å². The monoisotopic (exact) mass is 288 g/mol. The Kier molecular flexibility index (Phi) is 4.27. The molecule has 1 amide bonds. The van der Waals surface area contributed by atoms with Crippen LogP contribution in [0.25, 0.3) is 0 Å². The van der Waals surface area contributed by atoms with Crippen molar-refractivity contribution in [1.82, 2.24) is 10.6 Å². The number of rotatable bonds is 6. The SMILES string of the molecule is COCCC1(CNC(=O)C2Cc3ccccc3CN2)CC1. The quantitative estimate of drug-likeness (QED) is 0.836. The first kappa shape index (κ1) is 14.5. The van der Waals surface area contributed by atoms with Crippen molar-refractivity contribution in [2.75, 3.05) is 20.3 Å². The van der Waals surface area contributed by atoms with Crippen molar-refractivity contribution in [3.8, 4) is 0 Å². The Balaban J connectivity index is 1.51. The highest BCUT2D eigenvalue weighted by atomic mass is 16.5. The zero-order valence-electron chi connectivity index (χ0n) is 12.7. The molecule has 1 aliphatic heterocycles. The molecule has 0 radical (unpaired) electrons. The Morgan fingerprint density at radius 3 is 2.86 bits per heavy atom. The lowest BCUT2D eigenvalue weighted by atomic mass is 9.95. The van der Waals surface area contributed by atoms with Crippen LogP contribution < -0.4 is 10.6 Å². The minimum Gasteiger partial charge on any atom is -0.385 e. The Labute approximate surface area is 126 Å². The third-order valence-electron chi connectivity index (χ3n) is 4.83. The number of hydrogen-bond acceptors (Lipinski definition) is 3. The summed E-state index contributed by atoms with van der Waals surface area (Å²) >= 11 is 0. The molecule has 2 aliphatic rings. The molecule has 21 heavy (non-hydrogen) atoms. The predicted octanol–water partition coefficient (Wildman–Crippen LogP) is 1.63. The standard InChI is InChI=1S/C17H24N2O2/c1-21-9-8-17(6-7-17)12-19-16(20)15-10-13-4-2-3-5-14(13)11-18-15/h2-5,15,18H,6-12H2,1H3,(H,19,20). The molecule has 0 saturated heterocycles. The highest BCUT2D eigenvalue weighted by Crippen LogP contribution is 2.48. The van der Waals surface area contributed by atoms with Crippen molar-refractivity contribution >= 4 is 5.91 Å². The Hall–Kier alpha value is -1.39. The van der Waals surface area contributed by atoms with Gasteiger partial charge in [-0.05, 0) is 42.2 Å². The molecule has 1 saturated carbocycles. The molecule has 4 heteroatoms. The highest BCUT2D eigenvalue weighted by Gasteiger charge is 2.42. The van der Waals surface area contributed by atoms with Gasteiger partial charge in [0.1, 0.15) is 0 Å². The van der Waals surface area contributed by atoms with Crippen LogP contribution in [-0.2, 0) is 22.5 Å². The van der Waals surface area contributed by atoms with Gasteiger partial charge in [0.05, 0.1) is 6.04 Å². The molecule has 2 N–H and O–H groups in total. The summed E-state index contributed by atoms with van der Waals surface area (Å²) in [6.07, 6.45) is 4.24. The van der Waals surface area contributed by atoms with Crippen molar-refractivity contribution in [2.24, 2.45) is 5.41 Å². The lowest BCUT2D eigenvalue weighted by molar-refractivity contribution is -0.123. The minimum atomic E-state index is -0.0990. The number of ether oxygens (including phenoxy) is 1. The van der Waals surface area contributed by atoms with Crippen LogP contribution in [-0.4, -0.2) is 32.2 Å². The van der Waals surface area contributed by atoms with E-state index in [1.54, 1.807) is 7.11 Å². The molecule has 1 aromatic rings. The lowest BCUT2D eigenvalue weighted by Crippen LogP contribution is -2.48. The summed E-state index contributed by atoms with van der Waals surface area (Å²) in [7, 11) is 1.73. The van der Waals surface area contributed by atoms with Gasteiger partial charge in [0, 0.05) is 26.8 Å². The molecule has 1 fully saturated rings. The van der Waals surface area contributed by atoms with E-state index in [2.05, 4.69) is 22.8 Å². The maximum atomic E-state index is 12.4. The second kappa shape index (κ2) is 6.16. The van der Waals surface area contributed by atoms with E-state index >= 15 is 0 Å². The van der Waals surface area contributed by atoms with Gasteiger partial charge < -0.3 is 15.4 Å². The van der Waals surface area contributed by atoms with Crippen molar-refractivity contribution < 1.29 is 9.53 Å². The average Bonchev–Trinajstić information content (AvgIpc) is 3.30. The number of amides is 1. The van der Waals surface area contributed by atoms with Crippen LogP contribution in [0.3, 0.4) is 0 Å². The van der Waals surface area contributed by atoms with E-state index in [4.69, 9.17) is 4.74 Å². The van der Waals surface area contributed by atoms with Gasteiger partial charge in [0.25, 0.3) is 0 Å². The summed E-state index contributed by atoms with van der Waals surface area (Å²) in [4.78, 5) is 12.4. The van der Waals surface area contributed by atoms with Gasteiger partial charge in [-0.1, -0.05) is 24.3 Å². The number of carbonyl (C=O) groups is 1. The molecule has 1 aliphatic carbocycles. The van der Waals surface area contributed by atoms with Crippen molar-refractivity contribution in [2.45, 2.75) is 38.3 Å². The number of fused-ring (bicyclic) bond motifs is 1. The van der Waals surface area contributed by atoms with Gasteiger partial charge in [-0.3, -0.25) is 4.79 Å². The van der Waals surface area contributed by atoms with Crippen LogP contribution in [0.2, 0.25) is 0 Å². The second-order valence-corrected chi connectivity index (χ2v) is 6.37. The van der Waals surface area contributed by atoms with Gasteiger partial charge >= 0.3 is 0 Å². The predicted molar refractivity (Wildman–Crippen MR) is 81.9 cm³/mol. The lowest BCUT2D eigenvalue weighted by Gasteiger charge is -2.26. The third kappa shape index (κ3) is 3.44. The average molecular weight is 288 g/mol. The van der Waals surface area contributed by atoms with Gasteiger partial charge in [0.2, 0.25) is 5.91 Å². The van der Waals surface area contributed by atoms with Gasteiger partial charge in [-0.15, -0.1) is 0 Å². The van der Waals surface area contributed by atoms with Crippen molar-refractivity contribution in [1.29, 1.82) is 0 Å². The number of hydrogen-bond donors (Lipinski definition) is 2. The number of carbonyl (C=O) groups excluding carboxylic acids is 1. The van der Waals surface area contributed by atoms with E-state index in [9.17, 15) is 4.79 Å². The normalized spacial score (nSPS) is 22.4. The zero-order valence-corrected chi connectivity index (χ0v) is 12.7. The zero-order chi connectivity index (χ0) is 14.7. The molecule has 0 aromatic heterocycles. The number of benzene rings is 1. The fourth-order valence-electron chi connectivity index (χ4n) is 3.05. The Morgan fingerprint density at radius 2 is 2.14 bits per heavy atom. The van der Waals surface area contributed by atoms with Gasteiger partial charge in [-0.25, -0.2) is 0 Å². The van der Waals surface area contributed by atoms with E-state index in [1.165, 1.54) is 24.0 Å². The summed E-state index contributed by atoms with van der Waals surface area (Å²) in [5.74, 6) is 0.133. The van der Waals surface area contributed by atoms with E-state index < -0.39 is 0 Å². The summed E-state index contributed by atoms with van der Waals surface area (Å²) in [6.45, 7) is 2.35. The van der Waals surface area contributed by atoms with E-state index in [0.29, 0.717) is 5.41 Å². The third-order valence-corrected chi connectivity index (χ3v) is 4.83. The van der Waals surface area contributed by atoms with Crippen molar-refractivity contribution in [3.05, 3.63) is 35.4 Å². The molecule has 114 valence electrons. The molecule has 0 bridgehead atoms. The van der Waals surface area contributed by atoms with Crippen LogP contribution in [0.5, 0.6) is 0 Å². The molecular weight excluding hydrogens is 264 g/mol. The smallest absolute Gasteiger partial charge is 0.237 e. The van der Waals surface area contributed by atoms with E-state index in [-0.39, 0.29) is 11.9 Å². The first-order valence-electron chi connectivity index (χ1n) is 7.79. The summed E-state index contributed by atoms with van der Waals surface area (Å²) in [5, 5.41) is 6.48.